The summed E-state index contributed by atoms with van der Waals surface area (Å²) in [6.45, 7) is 0.0799. The van der Waals surface area contributed by atoms with Crippen LogP contribution in [0.4, 0.5) is 0 Å². The van der Waals surface area contributed by atoms with Gasteiger partial charge in [0.1, 0.15) is 0 Å². The Hall–Kier alpha value is -2.64. The van der Waals surface area contributed by atoms with Crippen LogP contribution in [0, 0.1) is 0 Å². The lowest BCUT2D eigenvalue weighted by Crippen LogP contribution is -1.87. The van der Waals surface area contributed by atoms with E-state index in [0.29, 0.717) is 0 Å². The van der Waals surface area contributed by atoms with Gasteiger partial charge in [-0.1, -0.05) is 72.8 Å². The molecular weight excluding hydrogens is 268 g/mol. The minimum Gasteiger partial charge on any atom is -0.392 e. The monoisotopic (exact) mass is 284 g/mol. The van der Waals surface area contributed by atoms with Crippen LogP contribution in [0.3, 0.4) is 0 Å². The van der Waals surface area contributed by atoms with Crippen LogP contribution < -0.4 is 0 Å². The molecule has 0 saturated carbocycles. The zero-order chi connectivity index (χ0) is 14.9. The van der Waals surface area contributed by atoms with Gasteiger partial charge < -0.3 is 5.11 Å². The van der Waals surface area contributed by atoms with E-state index in [-0.39, 0.29) is 6.61 Å². The van der Waals surface area contributed by atoms with Gasteiger partial charge in [-0.2, -0.15) is 0 Å². The average Bonchev–Trinajstić information content (AvgIpc) is 2.60. The van der Waals surface area contributed by atoms with Crippen molar-refractivity contribution in [2.24, 2.45) is 0 Å². The van der Waals surface area contributed by atoms with Gasteiger partial charge in [0, 0.05) is 0 Å². The van der Waals surface area contributed by atoms with Gasteiger partial charge in [0.2, 0.25) is 0 Å². The molecule has 4 aromatic rings. The summed E-state index contributed by atoms with van der Waals surface area (Å²) in [5.41, 5.74) is 3.39. The molecule has 1 heteroatoms. The minimum absolute atomic E-state index is 0.0799. The molecule has 0 spiro atoms. The first-order valence-electron chi connectivity index (χ1n) is 7.47. The number of aliphatic hydroxyl groups is 1. The Labute approximate surface area is 129 Å². The van der Waals surface area contributed by atoms with E-state index in [1.807, 2.05) is 12.1 Å². The number of hydrogen-bond acceptors (Lipinski definition) is 1. The molecule has 0 bridgehead atoms. The van der Waals surface area contributed by atoms with Crippen LogP contribution in [0.5, 0.6) is 0 Å². The van der Waals surface area contributed by atoms with Crippen molar-refractivity contribution in [3.8, 4) is 11.1 Å². The highest BCUT2D eigenvalue weighted by Crippen LogP contribution is 2.36. The van der Waals surface area contributed by atoms with E-state index in [2.05, 4.69) is 66.7 Å². The molecule has 0 unspecified atom stereocenters. The SMILES string of the molecule is OCc1ccc(-c2c3ccccc3cc3ccccc23)cc1. The predicted octanol–water partition coefficient (Wildman–Crippen LogP) is 5.15. The van der Waals surface area contributed by atoms with Crippen LogP contribution in [0.15, 0.2) is 78.9 Å². The van der Waals surface area contributed by atoms with Crippen molar-refractivity contribution >= 4 is 21.5 Å². The molecule has 1 nitrogen and oxygen atoms in total. The van der Waals surface area contributed by atoms with Crippen LogP contribution in [-0.4, -0.2) is 5.11 Å². The van der Waals surface area contributed by atoms with Gasteiger partial charge in [0.15, 0.2) is 0 Å². The standard InChI is InChI=1S/C21H16O/c22-14-15-9-11-16(12-10-15)21-19-7-3-1-5-17(19)13-18-6-2-4-8-20(18)21/h1-13,22H,14H2. The van der Waals surface area contributed by atoms with Crippen LogP contribution in [0.25, 0.3) is 32.7 Å². The molecule has 1 N–H and O–H groups in total. The van der Waals surface area contributed by atoms with Gasteiger partial charge in [-0.15, -0.1) is 0 Å². The minimum atomic E-state index is 0.0799. The number of hydrogen-bond donors (Lipinski definition) is 1. The molecule has 0 saturated heterocycles. The predicted molar refractivity (Wildman–Crippen MR) is 92.8 cm³/mol. The molecule has 0 aliphatic carbocycles. The second kappa shape index (κ2) is 5.28. The van der Waals surface area contributed by atoms with E-state index in [9.17, 15) is 5.11 Å². The molecule has 0 amide bonds. The van der Waals surface area contributed by atoms with Gasteiger partial charge >= 0.3 is 0 Å². The van der Waals surface area contributed by atoms with Crippen molar-refractivity contribution in [2.75, 3.05) is 0 Å². The van der Waals surface area contributed by atoms with Crippen molar-refractivity contribution in [3.63, 3.8) is 0 Å². The van der Waals surface area contributed by atoms with Gasteiger partial charge in [-0.25, -0.2) is 0 Å². The highest BCUT2D eigenvalue weighted by atomic mass is 16.3. The maximum atomic E-state index is 9.24. The van der Waals surface area contributed by atoms with Crippen molar-refractivity contribution in [1.82, 2.24) is 0 Å². The van der Waals surface area contributed by atoms with E-state index in [4.69, 9.17) is 0 Å². The molecule has 0 radical (unpaired) electrons. The zero-order valence-electron chi connectivity index (χ0n) is 12.2. The number of aliphatic hydroxyl groups excluding tert-OH is 1. The second-order valence-corrected chi connectivity index (χ2v) is 5.55. The first kappa shape index (κ1) is 13.1. The molecule has 0 aromatic heterocycles. The fourth-order valence-electron chi connectivity index (χ4n) is 3.10. The number of benzene rings is 4. The normalized spacial score (nSPS) is 11.1. The fourth-order valence-corrected chi connectivity index (χ4v) is 3.10. The van der Waals surface area contributed by atoms with Crippen LogP contribution in [0.1, 0.15) is 5.56 Å². The summed E-state index contributed by atoms with van der Waals surface area (Å²) in [7, 11) is 0. The number of fused-ring (bicyclic) bond motifs is 2. The largest absolute Gasteiger partial charge is 0.392 e. The van der Waals surface area contributed by atoms with Crippen molar-refractivity contribution in [2.45, 2.75) is 6.61 Å². The Balaban J connectivity index is 2.11. The molecular formula is C21H16O. The van der Waals surface area contributed by atoms with E-state index in [0.717, 1.165) is 5.56 Å². The molecule has 22 heavy (non-hydrogen) atoms. The lowest BCUT2D eigenvalue weighted by Gasteiger charge is -2.12. The highest BCUT2D eigenvalue weighted by Gasteiger charge is 2.09. The summed E-state index contributed by atoms with van der Waals surface area (Å²) in [5.74, 6) is 0. The maximum absolute atomic E-state index is 9.24. The summed E-state index contributed by atoms with van der Waals surface area (Å²) in [5, 5.41) is 14.3. The van der Waals surface area contributed by atoms with E-state index in [1.54, 1.807) is 0 Å². The Kier molecular flexibility index (Phi) is 3.14. The Bertz CT molecular complexity index is 898. The zero-order valence-corrected chi connectivity index (χ0v) is 12.2. The molecule has 0 atom stereocenters. The molecule has 106 valence electrons. The topological polar surface area (TPSA) is 20.2 Å². The van der Waals surface area contributed by atoms with Gasteiger partial charge in [-0.3, -0.25) is 0 Å². The fraction of sp³-hybridized carbons (Fsp3) is 0.0476. The summed E-state index contributed by atoms with van der Waals surface area (Å²) >= 11 is 0. The highest BCUT2D eigenvalue weighted by molar-refractivity contribution is 6.12. The second-order valence-electron chi connectivity index (χ2n) is 5.55. The maximum Gasteiger partial charge on any atom is 0.0681 e. The van der Waals surface area contributed by atoms with Crippen LogP contribution in [0.2, 0.25) is 0 Å². The molecule has 4 aromatic carbocycles. The summed E-state index contributed by atoms with van der Waals surface area (Å²) in [6.07, 6.45) is 0. The van der Waals surface area contributed by atoms with E-state index < -0.39 is 0 Å². The Morgan fingerprint density at radius 2 is 1.18 bits per heavy atom. The third-order valence-corrected chi connectivity index (χ3v) is 4.20. The molecule has 0 fully saturated rings. The quantitative estimate of drug-likeness (QED) is 0.504. The molecule has 0 aliphatic heterocycles. The van der Waals surface area contributed by atoms with E-state index >= 15 is 0 Å². The van der Waals surface area contributed by atoms with Gasteiger partial charge in [-0.05, 0) is 44.3 Å². The average molecular weight is 284 g/mol. The van der Waals surface area contributed by atoms with Crippen molar-refractivity contribution in [1.29, 1.82) is 0 Å². The molecule has 4 rings (SSSR count). The van der Waals surface area contributed by atoms with E-state index in [1.165, 1.54) is 32.7 Å². The summed E-state index contributed by atoms with van der Waals surface area (Å²) < 4.78 is 0. The molecule has 0 aliphatic rings. The summed E-state index contributed by atoms with van der Waals surface area (Å²) in [6, 6.07) is 27.4. The first-order chi connectivity index (χ1) is 10.9. The third kappa shape index (κ3) is 2.07. The lowest BCUT2D eigenvalue weighted by molar-refractivity contribution is 0.282. The first-order valence-corrected chi connectivity index (χ1v) is 7.47. The van der Waals surface area contributed by atoms with Crippen molar-refractivity contribution in [3.05, 3.63) is 84.4 Å². The van der Waals surface area contributed by atoms with Crippen LogP contribution in [-0.2, 0) is 6.61 Å². The van der Waals surface area contributed by atoms with Crippen molar-refractivity contribution < 1.29 is 5.11 Å². The Morgan fingerprint density at radius 3 is 1.73 bits per heavy atom. The summed E-state index contributed by atoms with van der Waals surface area (Å²) in [4.78, 5) is 0. The van der Waals surface area contributed by atoms with Crippen LogP contribution >= 0.6 is 0 Å². The number of rotatable bonds is 2. The van der Waals surface area contributed by atoms with Gasteiger partial charge in [0.25, 0.3) is 0 Å². The smallest absolute Gasteiger partial charge is 0.0681 e. The molecule has 0 heterocycles. The lowest BCUT2D eigenvalue weighted by atomic mass is 9.92. The van der Waals surface area contributed by atoms with Gasteiger partial charge in [0.05, 0.1) is 6.61 Å². The third-order valence-electron chi connectivity index (χ3n) is 4.20. The Morgan fingerprint density at radius 1 is 0.636 bits per heavy atom.